The van der Waals surface area contributed by atoms with Crippen LogP contribution < -0.4 is 26.2 Å². The van der Waals surface area contributed by atoms with Crippen molar-refractivity contribution >= 4 is 101 Å². The fourth-order valence-electron chi connectivity index (χ4n) is 14.1. The summed E-state index contributed by atoms with van der Waals surface area (Å²) in [6, 6.07) is 73.2. The molecule has 0 spiro atoms. The lowest BCUT2D eigenvalue weighted by molar-refractivity contribution is 0.590. The highest BCUT2D eigenvalue weighted by Gasteiger charge is 2.45. The van der Waals surface area contributed by atoms with Crippen LogP contribution in [-0.2, 0) is 21.7 Å². The van der Waals surface area contributed by atoms with E-state index >= 15 is 0 Å². The van der Waals surface area contributed by atoms with E-state index in [0.717, 1.165) is 100 Å². The summed E-state index contributed by atoms with van der Waals surface area (Å²) >= 11 is 0. The first-order valence-electron chi connectivity index (χ1n) is 33.7. The number of benzene rings is 11. The Hall–Kier alpha value is -9.83. The van der Waals surface area contributed by atoms with Gasteiger partial charge in [-0.05, 0) is 168 Å². The van der Waals surface area contributed by atoms with E-state index in [1.807, 2.05) is 42.5 Å². The van der Waals surface area contributed by atoms with Gasteiger partial charge < -0.3 is 18.9 Å². The fraction of sp³-hybridized carbons (Fsp3) is 0.193. The molecule has 11 aromatic carbocycles. The Kier molecular flexibility index (Phi) is 11.3. The molecule has 0 aliphatic carbocycles. The molecule has 4 heterocycles. The smallest absolute Gasteiger partial charge is 0.252 e. The third kappa shape index (κ3) is 8.95. The Morgan fingerprint density at radius 3 is 1.45 bits per heavy atom. The van der Waals surface area contributed by atoms with Gasteiger partial charge in [0.25, 0.3) is 6.71 Å². The van der Waals surface area contributed by atoms with E-state index in [-0.39, 0.29) is 33.9 Å². The van der Waals surface area contributed by atoms with E-state index in [1.165, 1.54) is 27.5 Å². The van der Waals surface area contributed by atoms with Crippen molar-refractivity contribution < 1.29 is 6.85 Å². The maximum Gasteiger partial charge on any atom is 0.252 e. The molecule has 0 N–H and O–H groups in total. The Morgan fingerprint density at radius 1 is 0.360 bits per heavy atom. The number of hydrogen-bond acceptors (Lipinski definition) is 3. The molecule has 5 nitrogen and oxygen atoms in total. The average Bonchev–Trinajstić information content (AvgIpc) is 0.812. The van der Waals surface area contributed by atoms with Crippen LogP contribution in [0.2, 0.25) is 0 Å². The van der Waals surface area contributed by atoms with E-state index in [4.69, 9.17) is 4.11 Å². The van der Waals surface area contributed by atoms with Crippen LogP contribution in [0.3, 0.4) is 0 Å². The van der Waals surface area contributed by atoms with E-state index in [1.54, 1.807) is 0 Å². The maximum absolute atomic E-state index is 12.1. The number of aromatic nitrogens is 2. The van der Waals surface area contributed by atoms with Gasteiger partial charge in [0.05, 0.1) is 46.0 Å². The average molecular weight is 1160 g/mol. The molecule has 89 heavy (non-hydrogen) atoms. The summed E-state index contributed by atoms with van der Waals surface area (Å²) in [5.41, 5.74) is 21.4. The zero-order chi connectivity index (χ0) is 66.0. The standard InChI is InChI=1S/C83H74BN5/c1-80(2,3)55-35-41-72(62(45-55)53-26-17-14-18-27-53)89-76-50-59(86-73-42-36-56(81(4,5)6)46-63(73)64-47-57(82(7,8)9)37-43-74(64)86)38-40-67(76)84-66-39-34-54(52-24-15-13-16-25-52)44-75(66)88(77-48-58(83(10,11)12)49-78(89)79(77)84)71-33-23-32-70(65(71)51-85)87-68-30-21-19-28-60(68)61-29-20-22-31-69(61)87/h13-50H,1-12H3/i13D,15D,16D,24D,25D. The van der Waals surface area contributed by atoms with Crippen molar-refractivity contribution in [1.82, 2.24) is 9.13 Å². The molecule has 0 unspecified atom stereocenters. The Labute approximate surface area is 531 Å². The molecule has 0 atom stereocenters. The van der Waals surface area contributed by atoms with Gasteiger partial charge in [-0.2, -0.15) is 5.26 Å². The van der Waals surface area contributed by atoms with Crippen LogP contribution in [0.4, 0.5) is 34.1 Å². The second-order valence-corrected chi connectivity index (χ2v) is 28.6. The molecule has 13 aromatic rings. The summed E-state index contributed by atoms with van der Waals surface area (Å²) in [4.78, 5) is 4.76. The van der Waals surface area contributed by atoms with Crippen molar-refractivity contribution in [2.45, 2.75) is 105 Å². The van der Waals surface area contributed by atoms with Crippen LogP contribution in [0.1, 0.15) is 118 Å². The number of anilines is 6. The van der Waals surface area contributed by atoms with Gasteiger partial charge in [0.15, 0.2) is 0 Å². The molecular weight excluding hydrogens is 1080 g/mol. The van der Waals surface area contributed by atoms with Crippen molar-refractivity contribution in [3.8, 4) is 39.7 Å². The highest BCUT2D eigenvalue weighted by atomic mass is 15.2. The number of nitriles is 1. The maximum atomic E-state index is 12.1. The van der Waals surface area contributed by atoms with E-state index < -0.39 is 30.3 Å². The number of hydrogen-bond donors (Lipinski definition) is 0. The second kappa shape index (κ2) is 20.1. The number of rotatable bonds is 6. The third-order valence-corrected chi connectivity index (χ3v) is 18.8. The molecule has 434 valence electrons. The van der Waals surface area contributed by atoms with E-state index in [9.17, 15) is 8.00 Å². The molecule has 2 aliphatic heterocycles. The van der Waals surface area contributed by atoms with Crippen LogP contribution in [0.5, 0.6) is 0 Å². The quantitative estimate of drug-likeness (QED) is 0.156. The predicted octanol–water partition coefficient (Wildman–Crippen LogP) is 20.4. The first-order valence-corrected chi connectivity index (χ1v) is 31.2. The lowest BCUT2D eigenvalue weighted by Crippen LogP contribution is -2.61. The van der Waals surface area contributed by atoms with Crippen molar-refractivity contribution in [1.29, 1.82) is 5.26 Å². The summed E-state index contributed by atoms with van der Waals surface area (Å²) in [5.74, 6) is 0. The highest BCUT2D eigenvalue weighted by Crippen LogP contribution is 2.51. The first-order chi connectivity index (χ1) is 44.7. The van der Waals surface area contributed by atoms with Gasteiger partial charge in [0.1, 0.15) is 11.6 Å². The van der Waals surface area contributed by atoms with E-state index in [2.05, 4.69) is 266 Å². The van der Waals surface area contributed by atoms with Gasteiger partial charge in [-0.25, -0.2) is 0 Å². The molecule has 0 bridgehead atoms. The monoisotopic (exact) mass is 1160 g/mol. The minimum absolute atomic E-state index is 0.0830. The molecule has 2 aromatic heterocycles. The minimum atomic E-state index is -0.452. The zero-order valence-electron chi connectivity index (χ0n) is 57.9. The molecule has 0 fully saturated rings. The lowest BCUT2D eigenvalue weighted by Gasteiger charge is -2.46. The van der Waals surface area contributed by atoms with Crippen LogP contribution in [0.15, 0.2) is 230 Å². The van der Waals surface area contributed by atoms with E-state index in [0.29, 0.717) is 22.5 Å². The lowest BCUT2D eigenvalue weighted by atomic mass is 9.33. The molecule has 0 radical (unpaired) electrons. The fourth-order valence-corrected chi connectivity index (χ4v) is 14.1. The van der Waals surface area contributed by atoms with Crippen LogP contribution in [-0.4, -0.2) is 15.8 Å². The molecule has 0 saturated heterocycles. The molecular formula is C83H74BN5. The SMILES string of the molecule is [2H]c1c([2H])c([2H])c(-c2ccc3c(c2)N(c2cccc(-n4c5ccccc5c5ccccc54)c2C#N)c2cc(C(C)(C)C)cc4c2B3c2ccc(-n3c5ccc(C(C)(C)C)cc5c5cc(C(C)(C)C)ccc53)cc2N4c2ccc(C(C)(C)C)cc2-c2ccccc2)c([2H])c1[2H]. The summed E-state index contributed by atoms with van der Waals surface area (Å²) < 4.78 is 50.0. The van der Waals surface area contributed by atoms with Gasteiger partial charge in [0.2, 0.25) is 0 Å². The molecule has 0 saturated carbocycles. The van der Waals surface area contributed by atoms with Crippen molar-refractivity contribution in [3.05, 3.63) is 258 Å². The van der Waals surface area contributed by atoms with Crippen LogP contribution in [0, 0.1) is 11.3 Å². The summed E-state index contributed by atoms with van der Waals surface area (Å²) in [7, 11) is 0. The largest absolute Gasteiger partial charge is 0.311 e. The topological polar surface area (TPSA) is 40.1 Å². The minimum Gasteiger partial charge on any atom is -0.311 e. The Balaban J connectivity index is 1.09. The first kappa shape index (κ1) is 50.2. The number of nitrogens with zero attached hydrogens (tertiary/aromatic N) is 5. The Morgan fingerprint density at radius 2 is 0.865 bits per heavy atom. The predicted molar refractivity (Wildman–Crippen MR) is 380 cm³/mol. The molecule has 2 aliphatic rings. The summed E-state index contributed by atoms with van der Waals surface area (Å²) in [6.07, 6.45) is 0. The Bertz CT molecular complexity index is 5260. The molecule has 6 heteroatoms. The highest BCUT2D eigenvalue weighted by molar-refractivity contribution is 7.00. The van der Waals surface area contributed by atoms with Gasteiger partial charge in [-0.15, -0.1) is 0 Å². The van der Waals surface area contributed by atoms with Crippen LogP contribution >= 0.6 is 0 Å². The van der Waals surface area contributed by atoms with Gasteiger partial charge in [-0.1, -0.05) is 222 Å². The number of para-hydroxylation sites is 2. The summed E-state index contributed by atoms with van der Waals surface area (Å²) in [5, 5.41) is 16.6. The van der Waals surface area contributed by atoms with Crippen molar-refractivity contribution in [3.63, 3.8) is 0 Å². The van der Waals surface area contributed by atoms with Crippen molar-refractivity contribution in [2.24, 2.45) is 0 Å². The van der Waals surface area contributed by atoms with Crippen molar-refractivity contribution in [2.75, 3.05) is 9.80 Å². The van der Waals surface area contributed by atoms with Gasteiger partial charge in [-0.3, -0.25) is 0 Å². The third-order valence-electron chi connectivity index (χ3n) is 18.8. The zero-order valence-corrected chi connectivity index (χ0v) is 52.9. The molecule has 15 rings (SSSR count). The molecule has 0 amide bonds. The summed E-state index contributed by atoms with van der Waals surface area (Å²) in [6.45, 7) is 26.9. The van der Waals surface area contributed by atoms with Crippen LogP contribution in [0.25, 0.3) is 77.2 Å². The van der Waals surface area contributed by atoms with Gasteiger partial charge in [0, 0.05) is 55.5 Å². The second-order valence-electron chi connectivity index (χ2n) is 28.6. The van der Waals surface area contributed by atoms with Gasteiger partial charge >= 0.3 is 0 Å². The normalized spacial score (nSPS) is 14.1. The number of fused-ring (bicyclic) bond motifs is 10.